The van der Waals surface area contributed by atoms with Crippen LogP contribution in [0.5, 0.6) is 0 Å². The van der Waals surface area contributed by atoms with Crippen molar-refractivity contribution in [2.24, 2.45) is 0 Å². The lowest BCUT2D eigenvalue weighted by Crippen LogP contribution is -2.38. The Balaban J connectivity index is 1.27. The molecular formula is C39H38FN5. The SMILES string of the molecule is CCN1CCCC1CNCc1cc(-c2ccc3c(c2)nnn3C(c2ccccc2)(c2ccccc2)c2ccccc2)ccc1F. The lowest BCUT2D eigenvalue weighted by atomic mass is 9.77. The van der Waals surface area contributed by atoms with Crippen LogP contribution >= 0.6 is 0 Å². The quantitative estimate of drug-likeness (QED) is 0.165. The number of nitrogens with one attached hydrogen (secondary N) is 1. The van der Waals surface area contributed by atoms with Gasteiger partial charge in [-0.15, -0.1) is 5.10 Å². The van der Waals surface area contributed by atoms with Gasteiger partial charge in [0.25, 0.3) is 0 Å². The Morgan fingerprint density at radius 2 is 1.38 bits per heavy atom. The van der Waals surface area contributed by atoms with E-state index in [0.717, 1.165) is 58.5 Å². The Kier molecular flexibility index (Phi) is 8.25. The third kappa shape index (κ3) is 5.45. The third-order valence-corrected chi connectivity index (χ3v) is 9.32. The first-order valence-electron chi connectivity index (χ1n) is 15.9. The monoisotopic (exact) mass is 595 g/mol. The van der Waals surface area contributed by atoms with E-state index in [-0.39, 0.29) is 5.82 Å². The molecule has 0 amide bonds. The Morgan fingerprint density at radius 1 is 0.778 bits per heavy atom. The Hall–Kier alpha value is -4.65. The predicted octanol–water partition coefficient (Wildman–Crippen LogP) is 7.65. The molecule has 45 heavy (non-hydrogen) atoms. The minimum Gasteiger partial charge on any atom is -0.311 e. The number of hydrogen-bond acceptors (Lipinski definition) is 4. The molecule has 5 aromatic carbocycles. The van der Waals surface area contributed by atoms with Crippen LogP contribution in [0.3, 0.4) is 0 Å². The van der Waals surface area contributed by atoms with Crippen LogP contribution in [0.25, 0.3) is 22.2 Å². The molecule has 1 aliphatic heterocycles. The second-order valence-electron chi connectivity index (χ2n) is 11.9. The minimum absolute atomic E-state index is 0.185. The van der Waals surface area contributed by atoms with Crippen molar-refractivity contribution in [2.45, 2.75) is 37.9 Å². The summed E-state index contributed by atoms with van der Waals surface area (Å²) >= 11 is 0. The molecule has 1 aromatic heterocycles. The van der Waals surface area contributed by atoms with Gasteiger partial charge in [-0.1, -0.05) is 115 Å². The average Bonchev–Trinajstić information content (AvgIpc) is 3.74. The summed E-state index contributed by atoms with van der Waals surface area (Å²) in [6.07, 6.45) is 2.43. The Morgan fingerprint density at radius 3 is 2.00 bits per heavy atom. The van der Waals surface area contributed by atoms with Crippen LogP contribution in [0.15, 0.2) is 127 Å². The molecule has 7 rings (SSSR count). The highest BCUT2D eigenvalue weighted by atomic mass is 19.1. The van der Waals surface area contributed by atoms with Crippen LogP contribution in [-0.4, -0.2) is 45.6 Å². The second-order valence-corrected chi connectivity index (χ2v) is 11.9. The molecule has 1 atom stereocenters. The van der Waals surface area contributed by atoms with Crippen LogP contribution < -0.4 is 5.32 Å². The van der Waals surface area contributed by atoms with Crippen molar-refractivity contribution in [2.75, 3.05) is 19.6 Å². The summed E-state index contributed by atoms with van der Waals surface area (Å²) in [5, 5.41) is 13.1. The van der Waals surface area contributed by atoms with Crippen molar-refractivity contribution in [3.8, 4) is 11.1 Å². The van der Waals surface area contributed by atoms with Crippen molar-refractivity contribution in [1.29, 1.82) is 0 Å². The lowest BCUT2D eigenvalue weighted by molar-refractivity contribution is 0.259. The van der Waals surface area contributed by atoms with Gasteiger partial charge in [-0.05, 0) is 78.0 Å². The van der Waals surface area contributed by atoms with Crippen molar-refractivity contribution in [3.05, 3.63) is 155 Å². The lowest BCUT2D eigenvalue weighted by Gasteiger charge is -2.36. The van der Waals surface area contributed by atoms with Gasteiger partial charge >= 0.3 is 0 Å². The molecule has 6 aromatic rings. The first kappa shape index (κ1) is 29.1. The molecule has 0 saturated carbocycles. The second kappa shape index (κ2) is 12.8. The van der Waals surface area contributed by atoms with Gasteiger partial charge in [-0.3, -0.25) is 4.90 Å². The molecule has 0 radical (unpaired) electrons. The van der Waals surface area contributed by atoms with E-state index >= 15 is 0 Å². The van der Waals surface area contributed by atoms with Gasteiger partial charge in [0.05, 0.1) is 5.52 Å². The number of likely N-dealkylation sites (N-methyl/N-ethyl adjacent to an activating group) is 1. The van der Waals surface area contributed by atoms with Gasteiger partial charge < -0.3 is 5.32 Å². The van der Waals surface area contributed by atoms with Crippen molar-refractivity contribution < 1.29 is 4.39 Å². The first-order chi connectivity index (χ1) is 22.2. The molecule has 226 valence electrons. The Bertz CT molecular complexity index is 1770. The van der Waals surface area contributed by atoms with E-state index in [1.807, 2.05) is 30.3 Å². The summed E-state index contributed by atoms with van der Waals surface area (Å²) in [5.74, 6) is -0.185. The van der Waals surface area contributed by atoms with E-state index in [0.29, 0.717) is 18.2 Å². The van der Waals surface area contributed by atoms with E-state index < -0.39 is 5.54 Å². The maximum Gasteiger partial charge on any atom is 0.140 e. The average molecular weight is 596 g/mol. The van der Waals surface area contributed by atoms with Gasteiger partial charge in [0.1, 0.15) is 16.9 Å². The number of aromatic nitrogens is 3. The molecule has 1 fully saturated rings. The molecule has 0 bridgehead atoms. The summed E-state index contributed by atoms with van der Waals surface area (Å²) in [6, 6.07) is 43.6. The van der Waals surface area contributed by atoms with Gasteiger partial charge in [0.2, 0.25) is 0 Å². The van der Waals surface area contributed by atoms with Crippen molar-refractivity contribution >= 4 is 11.0 Å². The third-order valence-electron chi connectivity index (χ3n) is 9.32. The fourth-order valence-electron chi connectivity index (χ4n) is 7.06. The highest BCUT2D eigenvalue weighted by Crippen LogP contribution is 2.42. The topological polar surface area (TPSA) is 46.0 Å². The van der Waals surface area contributed by atoms with Gasteiger partial charge in [-0.25, -0.2) is 9.07 Å². The summed E-state index contributed by atoms with van der Waals surface area (Å²) < 4.78 is 17.0. The van der Waals surface area contributed by atoms with E-state index in [1.54, 1.807) is 6.07 Å². The summed E-state index contributed by atoms with van der Waals surface area (Å²) in [5.41, 5.74) is 6.83. The molecule has 1 N–H and O–H groups in total. The van der Waals surface area contributed by atoms with E-state index in [2.05, 4.69) is 113 Å². The molecule has 1 saturated heterocycles. The first-order valence-corrected chi connectivity index (χ1v) is 15.9. The van der Waals surface area contributed by atoms with Crippen LogP contribution in [0, 0.1) is 5.82 Å². The van der Waals surface area contributed by atoms with Gasteiger partial charge in [0, 0.05) is 24.7 Å². The number of halogens is 1. The molecule has 0 spiro atoms. The van der Waals surface area contributed by atoms with Crippen LogP contribution in [0.4, 0.5) is 4.39 Å². The summed E-state index contributed by atoms with van der Waals surface area (Å²) in [7, 11) is 0. The molecule has 1 aliphatic rings. The smallest absolute Gasteiger partial charge is 0.140 e. The van der Waals surface area contributed by atoms with E-state index in [4.69, 9.17) is 10.3 Å². The molecular weight excluding hydrogens is 557 g/mol. The normalized spacial score (nSPS) is 15.6. The predicted molar refractivity (Wildman–Crippen MR) is 180 cm³/mol. The number of nitrogens with zero attached hydrogens (tertiary/aromatic N) is 4. The van der Waals surface area contributed by atoms with Crippen molar-refractivity contribution in [3.63, 3.8) is 0 Å². The minimum atomic E-state index is -0.749. The van der Waals surface area contributed by atoms with E-state index in [1.165, 1.54) is 12.8 Å². The number of benzene rings is 5. The molecule has 6 heteroatoms. The largest absolute Gasteiger partial charge is 0.311 e. The maximum atomic E-state index is 14.9. The summed E-state index contributed by atoms with van der Waals surface area (Å²) in [6.45, 7) is 5.80. The number of rotatable bonds is 10. The zero-order valence-corrected chi connectivity index (χ0v) is 25.6. The van der Waals surface area contributed by atoms with Crippen LogP contribution in [0.2, 0.25) is 0 Å². The Labute approximate surface area is 264 Å². The van der Waals surface area contributed by atoms with Gasteiger partial charge in [0.15, 0.2) is 0 Å². The zero-order chi connectivity index (χ0) is 30.6. The molecule has 5 nitrogen and oxygen atoms in total. The van der Waals surface area contributed by atoms with Crippen LogP contribution in [0.1, 0.15) is 42.0 Å². The summed E-state index contributed by atoms with van der Waals surface area (Å²) in [4.78, 5) is 2.50. The highest BCUT2D eigenvalue weighted by Gasteiger charge is 2.40. The molecule has 2 heterocycles. The number of likely N-dealkylation sites (tertiary alicyclic amines) is 1. The molecule has 1 unspecified atom stereocenters. The standard InChI is InChI=1S/C39H38FN5/c1-2-44-24-12-19-35(44)28-41-27-31-25-29(20-22-36(31)40)30-21-23-38-37(26-30)42-43-45(38)39(32-13-6-3-7-14-32,33-15-8-4-9-16-33)34-17-10-5-11-18-34/h3-11,13-18,20-23,25-26,35,41H,2,12,19,24,27-28H2,1H3. The maximum absolute atomic E-state index is 14.9. The highest BCUT2D eigenvalue weighted by molar-refractivity contribution is 5.82. The van der Waals surface area contributed by atoms with Gasteiger partial charge in [-0.2, -0.15) is 0 Å². The zero-order valence-electron chi connectivity index (χ0n) is 25.6. The fourth-order valence-corrected chi connectivity index (χ4v) is 7.06. The van der Waals surface area contributed by atoms with Crippen LogP contribution in [-0.2, 0) is 12.1 Å². The fraction of sp³-hybridized carbons (Fsp3) is 0.231. The number of hydrogen-bond donors (Lipinski definition) is 1. The molecule has 0 aliphatic carbocycles. The van der Waals surface area contributed by atoms with E-state index in [9.17, 15) is 4.39 Å². The number of fused-ring (bicyclic) bond motifs is 1. The van der Waals surface area contributed by atoms with Crippen molar-refractivity contribution in [1.82, 2.24) is 25.2 Å².